The predicted octanol–water partition coefficient (Wildman–Crippen LogP) is 2.16. The van der Waals surface area contributed by atoms with E-state index in [9.17, 15) is 8.42 Å². The van der Waals surface area contributed by atoms with E-state index in [1.54, 1.807) is 22.5 Å². The van der Waals surface area contributed by atoms with Crippen molar-refractivity contribution >= 4 is 26.0 Å². The van der Waals surface area contributed by atoms with Gasteiger partial charge in [-0.15, -0.1) is 0 Å². The molecule has 0 spiro atoms. The minimum absolute atomic E-state index is 0.360. The summed E-state index contributed by atoms with van der Waals surface area (Å²) >= 11 is 3.32. The standard InChI is InChI=1S/C13H19BrN2O2S/c1-15(2)11-7-9-16(10-8-11)19(17,18)13-6-4-3-5-12(13)14/h3-6,11H,7-10H2,1-2H3. The quantitative estimate of drug-likeness (QED) is 0.841. The summed E-state index contributed by atoms with van der Waals surface area (Å²) in [6.45, 7) is 1.18. The summed E-state index contributed by atoms with van der Waals surface area (Å²) in [5, 5.41) is 0. The first-order valence-electron chi connectivity index (χ1n) is 6.34. The van der Waals surface area contributed by atoms with Gasteiger partial charge in [0.05, 0.1) is 4.90 Å². The summed E-state index contributed by atoms with van der Waals surface area (Å²) < 4.78 is 27.4. The van der Waals surface area contributed by atoms with Crippen molar-refractivity contribution in [3.63, 3.8) is 0 Å². The maximum Gasteiger partial charge on any atom is 0.244 e. The Balaban J connectivity index is 2.17. The minimum atomic E-state index is -3.37. The molecule has 0 unspecified atom stereocenters. The van der Waals surface area contributed by atoms with E-state index in [4.69, 9.17) is 0 Å². The van der Waals surface area contributed by atoms with Gasteiger partial charge in [0.15, 0.2) is 0 Å². The fourth-order valence-corrected chi connectivity index (χ4v) is 4.83. The van der Waals surface area contributed by atoms with E-state index in [1.807, 2.05) is 20.2 Å². The van der Waals surface area contributed by atoms with Crippen LogP contribution in [0.3, 0.4) is 0 Å². The van der Waals surface area contributed by atoms with Gasteiger partial charge in [-0.3, -0.25) is 0 Å². The Morgan fingerprint density at radius 2 is 1.79 bits per heavy atom. The van der Waals surface area contributed by atoms with Crippen LogP contribution in [0.15, 0.2) is 33.6 Å². The van der Waals surface area contributed by atoms with Crippen molar-refractivity contribution in [3.05, 3.63) is 28.7 Å². The Labute approximate surface area is 123 Å². The van der Waals surface area contributed by atoms with E-state index in [2.05, 4.69) is 20.8 Å². The Kier molecular flexibility index (Phi) is 4.66. The van der Waals surface area contributed by atoms with Gasteiger partial charge in [0.25, 0.3) is 0 Å². The molecule has 1 aliphatic heterocycles. The second-order valence-corrected chi connectivity index (χ2v) is 7.79. The lowest BCUT2D eigenvalue weighted by Gasteiger charge is -2.34. The van der Waals surface area contributed by atoms with Gasteiger partial charge in [-0.25, -0.2) is 8.42 Å². The monoisotopic (exact) mass is 346 g/mol. The molecule has 1 heterocycles. The van der Waals surface area contributed by atoms with Crippen molar-refractivity contribution in [1.29, 1.82) is 0 Å². The number of sulfonamides is 1. The van der Waals surface area contributed by atoms with Gasteiger partial charge in [-0.2, -0.15) is 4.31 Å². The third-order valence-corrected chi connectivity index (χ3v) is 6.52. The van der Waals surface area contributed by atoms with Crippen LogP contribution in [0.4, 0.5) is 0 Å². The second-order valence-electron chi connectivity index (χ2n) is 5.03. The second kappa shape index (κ2) is 5.91. The van der Waals surface area contributed by atoms with Gasteiger partial charge in [0.2, 0.25) is 10.0 Å². The van der Waals surface area contributed by atoms with Gasteiger partial charge in [-0.1, -0.05) is 12.1 Å². The summed E-state index contributed by atoms with van der Waals surface area (Å²) in [5.74, 6) is 0. The summed E-state index contributed by atoms with van der Waals surface area (Å²) in [7, 11) is 0.715. The Morgan fingerprint density at radius 3 is 2.32 bits per heavy atom. The fraction of sp³-hybridized carbons (Fsp3) is 0.538. The minimum Gasteiger partial charge on any atom is -0.306 e. The van der Waals surface area contributed by atoms with Crippen molar-refractivity contribution in [2.45, 2.75) is 23.8 Å². The average Bonchev–Trinajstić information content (AvgIpc) is 2.39. The van der Waals surface area contributed by atoms with Crippen LogP contribution in [-0.4, -0.2) is 50.8 Å². The molecule has 19 heavy (non-hydrogen) atoms. The molecule has 0 aliphatic carbocycles. The Morgan fingerprint density at radius 1 is 1.21 bits per heavy atom. The van der Waals surface area contributed by atoms with Crippen molar-refractivity contribution in [2.24, 2.45) is 0 Å². The van der Waals surface area contributed by atoms with Gasteiger partial charge >= 0.3 is 0 Å². The predicted molar refractivity (Wildman–Crippen MR) is 79.6 cm³/mol. The molecule has 106 valence electrons. The highest BCUT2D eigenvalue weighted by molar-refractivity contribution is 9.10. The van der Waals surface area contributed by atoms with E-state index in [1.165, 1.54) is 0 Å². The van der Waals surface area contributed by atoms with Gasteiger partial charge < -0.3 is 4.90 Å². The van der Waals surface area contributed by atoms with E-state index >= 15 is 0 Å². The third kappa shape index (κ3) is 3.18. The average molecular weight is 347 g/mol. The maximum atomic E-state index is 12.6. The van der Waals surface area contributed by atoms with Crippen molar-refractivity contribution in [1.82, 2.24) is 9.21 Å². The number of benzene rings is 1. The van der Waals surface area contributed by atoms with Crippen molar-refractivity contribution < 1.29 is 8.42 Å². The number of hydrogen-bond donors (Lipinski definition) is 0. The topological polar surface area (TPSA) is 40.6 Å². The van der Waals surface area contributed by atoms with E-state index < -0.39 is 10.0 Å². The molecule has 2 rings (SSSR count). The maximum absolute atomic E-state index is 12.6. The van der Waals surface area contributed by atoms with Crippen LogP contribution < -0.4 is 0 Å². The molecule has 0 aromatic heterocycles. The molecule has 0 atom stereocenters. The molecular formula is C13H19BrN2O2S. The number of hydrogen-bond acceptors (Lipinski definition) is 3. The van der Waals surface area contributed by atoms with E-state index in [-0.39, 0.29) is 0 Å². The molecule has 0 radical (unpaired) electrons. The highest BCUT2D eigenvalue weighted by Crippen LogP contribution is 2.27. The zero-order valence-corrected chi connectivity index (χ0v) is 13.6. The first kappa shape index (κ1) is 15.0. The highest BCUT2D eigenvalue weighted by Gasteiger charge is 2.30. The molecule has 1 aliphatic rings. The molecule has 0 bridgehead atoms. The molecule has 6 heteroatoms. The zero-order valence-electron chi connectivity index (χ0n) is 11.2. The van der Waals surface area contributed by atoms with E-state index in [0.717, 1.165) is 12.8 Å². The number of nitrogens with zero attached hydrogens (tertiary/aromatic N) is 2. The molecule has 4 nitrogen and oxygen atoms in total. The summed E-state index contributed by atoms with van der Waals surface area (Å²) in [5.41, 5.74) is 0. The largest absolute Gasteiger partial charge is 0.306 e. The van der Waals surface area contributed by atoms with Gasteiger partial charge in [-0.05, 0) is 55.0 Å². The van der Waals surface area contributed by atoms with Gasteiger partial charge in [0.1, 0.15) is 0 Å². The molecule has 0 N–H and O–H groups in total. The zero-order chi connectivity index (χ0) is 14.0. The first-order valence-corrected chi connectivity index (χ1v) is 8.57. The van der Waals surface area contributed by atoms with Crippen LogP contribution in [0, 0.1) is 0 Å². The SMILES string of the molecule is CN(C)C1CCN(S(=O)(=O)c2ccccc2Br)CC1. The van der Waals surface area contributed by atoms with E-state index in [0.29, 0.717) is 28.5 Å². The summed E-state index contributed by atoms with van der Waals surface area (Å²) in [6.07, 6.45) is 1.77. The Bertz CT molecular complexity index is 537. The molecular weight excluding hydrogens is 328 g/mol. The number of halogens is 1. The first-order chi connectivity index (χ1) is 8.93. The lowest BCUT2D eigenvalue weighted by molar-refractivity contribution is 0.196. The third-order valence-electron chi connectivity index (χ3n) is 3.61. The Hall–Kier alpha value is -0.430. The molecule has 1 aromatic carbocycles. The van der Waals surface area contributed by atoms with Crippen LogP contribution in [0.1, 0.15) is 12.8 Å². The summed E-state index contributed by atoms with van der Waals surface area (Å²) in [6, 6.07) is 7.47. The fourth-order valence-electron chi connectivity index (χ4n) is 2.39. The van der Waals surface area contributed by atoms with Crippen LogP contribution in [0.25, 0.3) is 0 Å². The smallest absolute Gasteiger partial charge is 0.244 e. The normalized spacial score (nSPS) is 18.9. The van der Waals surface area contributed by atoms with Crippen LogP contribution in [0.5, 0.6) is 0 Å². The number of rotatable bonds is 3. The van der Waals surface area contributed by atoms with Crippen LogP contribution >= 0.6 is 15.9 Å². The lowest BCUT2D eigenvalue weighted by Crippen LogP contribution is -2.44. The molecule has 1 fully saturated rings. The van der Waals surface area contributed by atoms with Crippen molar-refractivity contribution in [3.8, 4) is 0 Å². The molecule has 1 saturated heterocycles. The molecule has 0 amide bonds. The highest BCUT2D eigenvalue weighted by atomic mass is 79.9. The lowest BCUT2D eigenvalue weighted by atomic mass is 10.1. The molecule has 1 aromatic rings. The number of piperidine rings is 1. The summed E-state index contributed by atoms with van der Waals surface area (Å²) in [4.78, 5) is 2.53. The van der Waals surface area contributed by atoms with Crippen molar-refractivity contribution in [2.75, 3.05) is 27.2 Å². The van der Waals surface area contributed by atoms with Crippen LogP contribution in [-0.2, 0) is 10.0 Å². The molecule has 0 saturated carbocycles. The van der Waals surface area contributed by atoms with Gasteiger partial charge in [0, 0.05) is 23.6 Å². The van der Waals surface area contributed by atoms with Crippen LogP contribution in [0.2, 0.25) is 0 Å².